The molecular formula is C21H27FN2O2. The van der Waals surface area contributed by atoms with E-state index in [9.17, 15) is 9.18 Å². The van der Waals surface area contributed by atoms with Crippen LogP contribution >= 0.6 is 0 Å². The van der Waals surface area contributed by atoms with Crippen LogP contribution in [-0.2, 0) is 13.0 Å². The van der Waals surface area contributed by atoms with E-state index in [1.54, 1.807) is 18.2 Å². The van der Waals surface area contributed by atoms with Gasteiger partial charge >= 0.3 is 0 Å². The zero-order valence-electron chi connectivity index (χ0n) is 15.6. The first-order valence-corrected chi connectivity index (χ1v) is 9.28. The number of nitrogens with zero attached hydrogens (tertiary/aromatic N) is 2. The maximum atomic E-state index is 13.3. The lowest BCUT2D eigenvalue weighted by Crippen LogP contribution is -2.39. The molecule has 26 heavy (non-hydrogen) atoms. The van der Waals surface area contributed by atoms with Crippen molar-refractivity contribution in [1.82, 2.24) is 9.80 Å². The fourth-order valence-corrected chi connectivity index (χ4v) is 3.59. The number of furan rings is 1. The van der Waals surface area contributed by atoms with Crippen LogP contribution < -0.4 is 0 Å². The lowest BCUT2D eigenvalue weighted by Gasteiger charge is -2.32. The second-order valence-electron chi connectivity index (χ2n) is 7.43. The molecule has 1 amide bonds. The first kappa shape index (κ1) is 18.6. The van der Waals surface area contributed by atoms with Gasteiger partial charge in [-0.1, -0.05) is 12.1 Å². The monoisotopic (exact) mass is 358 g/mol. The lowest BCUT2D eigenvalue weighted by molar-refractivity contribution is 0.0633. The molecule has 0 radical (unpaired) electrons. The number of hydrogen-bond acceptors (Lipinski definition) is 3. The highest BCUT2D eigenvalue weighted by atomic mass is 19.1. The van der Waals surface area contributed by atoms with Gasteiger partial charge in [-0.05, 0) is 75.5 Å². The Morgan fingerprint density at radius 3 is 2.92 bits per heavy atom. The summed E-state index contributed by atoms with van der Waals surface area (Å²) in [6.45, 7) is 2.21. The molecule has 4 nitrogen and oxygen atoms in total. The molecule has 0 spiro atoms. The van der Waals surface area contributed by atoms with Gasteiger partial charge in [0, 0.05) is 13.1 Å². The Balaban J connectivity index is 1.55. The summed E-state index contributed by atoms with van der Waals surface area (Å²) in [7, 11) is 3.94. The molecule has 1 aliphatic rings. The minimum atomic E-state index is -0.186. The Labute approximate surface area is 154 Å². The van der Waals surface area contributed by atoms with Crippen molar-refractivity contribution in [2.24, 2.45) is 5.92 Å². The fourth-order valence-electron chi connectivity index (χ4n) is 3.59. The third-order valence-electron chi connectivity index (χ3n) is 4.88. The third kappa shape index (κ3) is 4.94. The van der Waals surface area contributed by atoms with Gasteiger partial charge in [-0.25, -0.2) is 4.39 Å². The summed E-state index contributed by atoms with van der Waals surface area (Å²) < 4.78 is 19.0. The number of amides is 1. The van der Waals surface area contributed by atoms with Crippen LogP contribution in [-0.4, -0.2) is 42.9 Å². The number of rotatable bonds is 6. The van der Waals surface area contributed by atoms with E-state index < -0.39 is 0 Å². The van der Waals surface area contributed by atoms with Crippen molar-refractivity contribution in [3.63, 3.8) is 0 Å². The summed E-state index contributed by atoms with van der Waals surface area (Å²) in [5.41, 5.74) is 1.02. The van der Waals surface area contributed by atoms with E-state index in [0.717, 1.165) is 50.1 Å². The molecular weight excluding hydrogens is 331 g/mol. The number of halogens is 1. The molecule has 1 atom stereocenters. The number of benzene rings is 1. The van der Waals surface area contributed by atoms with Crippen LogP contribution in [0.15, 0.2) is 40.8 Å². The van der Waals surface area contributed by atoms with Crippen LogP contribution in [0, 0.1) is 11.7 Å². The number of carbonyl (C=O) groups is 1. The lowest BCUT2D eigenvalue weighted by atomic mass is 9.91. The maximum Gasteiger partial charge on any atom is 0.289 e. The van der Waals surface area contributed by atoms with Crippen LogP contribution in [0.2, 0.25) is 0 Å². The molecule has 1 unspecified atom stereocenters. The van der Waals surface area contributed by atoms with Crippen molar-refractivity contribution in [3.05, 3.63) is 59.3 Å². The second kappa shape index (κ2) is 8.49. The zero-order chi connectivity index (χ0) is 18.5. The number of carbonyl (C=O) groups excluding carboxylic acids is 1. The Kier molecular flexibility index (Phi) is 6.09. The molecule has 1 aromatic carbocycles. The molecule has 0 bridgehead atoms. The van der Waals surface area contributed by atoms with Crippen molar-refractivity contribution in [2.45, 2.75) is 32.2 Å². The molecule has 1 aromatic heterocycles. The summed E-state index contributed by atoms with van der Waals surface area (Å²) in [6, 6.07) is 10.4. The van der Waals surface area contributed by atoms with Gasteiger partial charge in [0.15, 0.2) is 5.76 Å². The second-order valence-corrected chi connectivity index (χ2v) is 7.43. The van der Waals surface area contributed by atoms with Gasteiger partial charge in [-0.2, -0.15) is 0 Å². The Bertz CT molecular complexity index is 741. The van der Waals surface area contributed by atoms with Crippen molar-refractivity contribution in [2.75, 3.05) is 27.2 Å². The van der Waals surface area contributed by atoms with Crippen molar-refractivity contribution in [3.8, 4) is 0 Å². The molecule has 140 valence electrons. The smallest absolute Gasteiger partial charge is 0.289 e. The average Bonchev–Trinajstić information content (AvgIpc) is 3.07. The fraction of sp³-hybridized carbons (Fsp3) is 0.476. The van der Waals surface area contributed by atoms with Gasteiger partial charge in [0.2, 0.25) is 0 Å². The summed E-state index contributed by atoms with van der Waals surface area (Å²) in [5, 5.41) is 0. The van der Waals surface area contributed by atoms with Gasteiger partial charge < -0.3 is 14.2 Å². The third-order valence-corrected chi connectivity index (χ3v) is 4.88. The molecule has 1 aliphatic heterocycles. The Morgan fingerprint density at radius 1 is 1.31 bits per heavy atom. The molecule has 0 aliphatic carbocycles. The summed E-state index contributed by atoms with van der Waals surface area (Å²) >= 11 is 0. The summed E-state index contributed by atoms with van der Waals surface area (Å²) in [4.78, 5) is 16.6. The quantitative estimate of drug-likeness (QED) is 0.784. The number of aryl methyl sites for hydroxylation is 1. The minimum Gasteiger partial charge on any atom is -0.455 e. The maximum absolute atomic E-state index is 13.3. The standard InChI is InChI=1S/C21H27FN2O2/c1-23(2)15-19-10-11-20(26-19)21(25)24-12-4-6-17(14-24)9-8-16-5-3-7-18(22)13-16/h3,5,7,10-11,13,17H,4,6,8-9,12,14-15H2,1-2H3. The molecule has 3 rings (SSSR count). The van der Waals surface area contributed by atoms with E-state index in [-0.39, 0.29) is 11.7 Å². The molecule has 0 saturated carbocycles. The van der Waals surface area contributed by atoms with E-state index in [0.29, 0.717) is 18.2 Å². The van der Waals surface area contributed by atoms with Gasteiger partial charge in [-0.3, -0.25) is 4.79 Å². The molecule has 1 fully saturated rings. The van der Waals surface area contributed by atoms with Gasteiger partial charge in [0.05, 0.1) is 6.54 Å². The molecule has 5 heteroatoms. The van der Waals surface area contributed by atoms with Crippen LogP contribution in [0.25, 0.3) is 0 Å². The SMILES string of the molecule is CN(C)Cc1ccc(C(=O)N2CCCC(CCc3cccc(F)c3)C2)o1. The van der Waals surface area contributed by atoms with E-state index >= 15 is 0 Å². The van der Waals surface area contributed by atoms with Crippen LogP contribution in [0.5, 0.6) is 0 Å². The highest BCUT2D eigenvalue weighted by molar-refractivity contribution is 5.91. The Morgan fingerprint density at radius 2 is 2.15 bits per heavy atom. The predicted octanol–water partition coefficient (Wildman–Crippen LogP) is 3.97. The van der Waals surface area contributed by atoms with Gasteiger partial charge in [-0.15, -0.1) is 0 Å². The average molecular weight is 358 g/mol. The number of likely N-dealkylation sites (tertiary alicyclic amines) is 1. The normalized spacial score (nSPS) is 17.7. The summed E-state index contributed by atoms with van der Waals surface area (Å²) in [6.07, 6.45) is 3.93. The highest BCUT2D eigenvalue weighted by Gasteiger charge is 2.26. The van der Waals surface area contributed by atoms with Crippen molar-refractivity contribution < 1.29 is 13.6 Å². The first-order valence-electron chi connectivity index (χ1n) is 9.28. The Hall–Kier alpha value is -2.14. The molecule has 1 saturated heterocycles. The number of piperidine rings is 1. The van der Waals surface area contributed by atoms with Crippen molar-refractivity contribution in [1.29, 1.82) is 0 Å². The van der Waals surface area contributed by atoms with E-state index in [1.807, 2.05) is 36.0 Å². The largest absolute Gasteiger partial charge is 0.455 e. The van der Waals surface area contributed by atoms with E-state index in [1.165, 1.54) is 6.07 Å². The van der Waals surface area contributed by atoms with Gasteiger partial charge in [0.25, 0.3) is 5.91 Å². The molecule has 0 N–H and O–H groups in total. The summed E-state index contributed by atoms with van der Waals surface area (Å²) in [5.74, 6) is 1.47. The van der Waals surface area contributed by atoms with E-state index in [2.05, 4.69) is 0 Å². The predicted molar refractivity (Wildman–Crippen MR) is 99.4 cm³/mol. The van der Waals surface area contributed by atoms with Crippen LogP contribution in [0.4, 0.5) is 4.39 Å². The zero-order valence-corrected chi connectivity index (χ0v) is 15.6. The van der Waals surface area contributed by atoms with Gasteiger partial charge in [0.1, 0.15) is 11.6 Å². The topological polar surface area (TPSA) is 36.7 Å². The highest BCUT2D eigenvalue weighted by Crippen LogP contribution is 2.24. The first-order chi connectivity index (χ1) is 12.5. The minimum absolute atomic E-state index is 0.0227. The molecule has 2 aromatic rings. The number of hydrogen-bond donors (Lipinski definition) is 0. The van der Waals surface area contributed by atoms with Crippen LogP contribution in [0.1, 0.15) is 41.1 Å². The molecule has 2 heterocycles. The van der Waals surface area contributed by atoms with Crippen molar-refractivity contribution >= 4 is 5.91 Å². The van der Waals surface area contributed by atoms with E-state index in [4.69, 9.17) is 4.42 Å². The van der Waals surface area contributed by atoms with Crippen LogP contribution in [0.3, 0.4) is 0 Å².